The van der Waals surface area contributed by atoms with Crippen LogP contribution in [0.5, 0.6) is 5.75 Å². The molecule has 112 valence electrons. The number of rotatable bonds is 4. The summed E-state index contributed by atoms with van der Waals surface area (Å²) in [4.78, 5) is 21.7. The molecule has 0 N–H and O–H groups in total. The van der Waals surface area contributed by atoms with Gasteiger partial charge in [0.05, 0.1) is 12.8 Å². The molecule has 0 fully saturated rings. The van der Waals surface area contributed by atoms with Crippen molar-refractivity contribution in [2.24, 2.45) is 0 Å². The largest absolute Gasteiger partial charge is 0.497 e. The second-order valence-corrected chi connectivity index (χ2v) is 5.06. The van der Waals surface area contributed by atoms with E-state index in [1.807, 2.05) is 26.1 Å². The molecule has 5 heteroatoms. The molecular weight excluding hydrogens is 278 g/mol. The number of benzene rings is 1. The van der Waals surface area contributed by atoms with E-state index in [1.54, 1.807) is 35.8 Å². The van der Waals surface area contributed by atoms with E-state index in [1.165, 1.54) is 0 Å². The van der Waals surface area contributed by atoms with Gasteiger partial charge in [0.1, 0.15) is 11.4 Å². The fraction of sp³-hybridized carbons (Fsp3) is 0.235. The van der Waals surface area contributed by atoms with Gasteiger partial charge in [-0.05, 0) is 43.7 Å². The summed E-state index contributed by atoms with van der Waals surface area (Å²) in [5.41, 5.74) is 2.83. The lowest BCUT2D eigenvalue weighted by Crippen LogP contribution is -2.08. The monoisotopic (exact) mass is 295 g/mol. The number of ether oxygens (including phenoxy) is 1. The van der Waals surface area contributed by atoms with Gasteiger partial charge in [0.15, 0.2) is 0 Å². The molecular formula is C17H17N3O2. The number of hydrogen-bond acceptors (Lipinski definition) is 4. The highest BCUT2D eigenvalue weighted by Gasteiger charge is 2.20. The molecule has 0 aliphatic rings. The van der Waals surface area contributed by atoms with Crippen LogP contribution in [0.25, 0.3) is 5.78 Å². The fourth-order valence-corrected chi connectivity index (χ4v) is 2.43. The molecule has 0 spiro atoms. The quantitative estimate of drug-likeness (QED) is 0.694. The SMILES string of the molecule is CCc1nc2nc(C)ccn2c1C(=O)c1ccc(OC)cc1. The number of carbonyl (C=O) groups excluding carboxylic acids is 1. The van der Waals surface area contributed by atoms with Gasteiger partial charge in [-0.3, -0.25) is 9.20 Å². The van der Waals surface area contributed by atoms with Crippen LogP contribution in [0.1, 0.15) is 34.4 Å². The van der Waals surface area contributed by atoms with Crippen LogP contribution in [0, 0.1) is 6.92 Å². The van der Waals surface area contributed by atoms with Gasteiger partial charge in [-0.2, -0.15) is 0 Å². The Morgan fingerprint density at radius 1 is 1.18 bits per heavy atom. The molecule has 0 amide bonds. The summed E-state index contributed by atoms with van der Waals surface area (Å²) in [5, 5.41) is 0. The normalized spacial score (nSPS) is 10.9. The predicted molar refractivity (Wildman–Crippen MR) is 83.5 cm³/mol. The van der Waals surface area contributed by atoms with Crippen LogP contribution >= 0.6 is 0 Å². The topological polar surface area (TPSA) is 56.5 Å². The minimum Gasteiger partial charge on any atom is -0.497 e. The summed E-state index contributed by atoms with van der Waals surface area (Å²) in [6.45, 7) is 3.89. The number of carbonyl (C=O) groups is 1. The number of methoxy groups -OCH3 is 1. The van der Waals surface area contributed by atoms with E-state index in [2.05, 4.69) is 9.97 Å². The Labute approximate surface area is 128 Å². The van der Waals surface area contributed by atoms with Crippen molar-refractivity contribution in [2.75, 3.05) is 7.11 Å². The lowest BCUT2D eigenvalue weighted by atomic mass is 10.1. The van der Waals surface area contributed by atoms with Crippen LogP contribution in [0.3, 0.4) is 0 Å². The number of aryl methyl sites for hydroxylation is 2. The Morgan fingerprint density at radius 3 is 2.55 bits per heavy atom. The van der Waals surface area contributed by atoms with Gasteiger partial charge in [-0.15, -0.1) is 0 Å². The summed E-state index contributed by atoms with van der Waals surface area (Å²) in [5.74, 6) is 1.23. The number of ketones is 1. The van der Waals surface area contributed by atoms with E-state index in [4.69, 9.17) is 4.74 Å². The molecule has 3 rings (SSSR count). The zero-order chi connectivity index (χ0) is 15.7. The molecule has 1 aromatic carbocycles. The number of nitrogens with zero attached hydrogens (tertiary/aromatic N) is 3. The second-order valence-electron chi connectivity index (χ2n) is 5.06. The van der Waals surface area contributed by atoms with Crippen LogP contribution in [-0.2, 0) is 6.42 Å². The molecule has 0 saturated carbocycles. The van der Waals surface area contributed by atoms with E-state index >= 15 is 0 Å². The molecule has 0 saturated heterocycles. The predicted octanol–water partition coefficient (Wildman–Crippen LogP) is 2.84. The molecule has 0 aliphatic carbocycles. The molecule has 2 heterocycles. The molecule has 5 nitrogen and oxygen atoms in total. The van der Waals surface area contributed by atoms with Gasteiger partial charge in [-0.1, -0.05) is 6.92 Å². The maximum atomic E-state index is 12.9. The first-order valence-corrected chi connectivity index (χ1v) is 7.17. The summed E-state index contributed by atoms with van der Waals surface area (Å²) in [6, 6.07) is 8.97. The van der Waals surface area contributed by atoms with Crippen molar-refractivity contribution in [1.29, 1.82) is 0 Å². The van der Waals surface area contributed by atoms with Gasteiger partial charge in [0, 0.05) is 17.5 Å². The fourth-order valence-electron chi connectivity index (χ4n) is 2.43. The number of hydrogen-bond donors (Lipinski definition) is 0. The highest BCUT2D eigenvalue weighted by Crippen LogP contribution is 2.19. The first-order valence-electron chi connectivity index (χ1n) is 7.17. The van der Waals surface area contributed by atoms with E-state index in [0.29, 0.717) is 23.5 Å². The third-order valence-electron chi connectivity index (χ3n) is 3.61. The third-order valence-corrected chi connectivity index (χ3v) is 3.61. The minimum atomic E-state index is -0.0577. The van der Waals surface area contributed by atoms with Crippen molar-refractivity contribution in [3.8, 4) is 5.75 Å². The zero-order valence-electron chi connectivity index (χ0n) is 12.8. The smallest absolute Gasteiger partial charge is 0.234 e. The van der Waals surface area contributed by atoms with Crippen LogP contribution in [-0.4, -0.2) is 27.3 Å². The van der Waals surface area contributed by atoms with Crippen LogP contribution in [0.15, 0.2) is 36.5 Å². The molecule has 0 atom stereocenters. The average Bonchev–Trinajstić information content (AvgIpc) is 2.91. The summed E-state index contributed by atoms with van der Waals surface area (Å²) < 4.78 is 6.89. The van der Waals surface area contributed by atoms with Crippen molar-refractivity contribution in [3.05, 3.63) is 59.2 Å². The van der Waals surface area contributed by atoms with Crippen molar-refractivity contribution >= 4 is 11.6 Å². The van der Waals surface area contributed by atoms with Gasteiger partial charge in [0.2, 0.25) is 11.6 Å². The maximum absolute atomic E-state index is 12.9. The Kier molecular flexibility index (Phi) is 3.63. The van der Waals surface area contributed by atoms with Gasteiger partial charge in [-0.25, -0.2) is 9.97 Å². The van der Waals surface area contributed by atoms with Gasteiger partial charge in [0.25, 0.3) is 0 Å². The van der Waals surface area contributed by atoms with Crippen molar-refractivity contribution < 1.29 is 9.53 Å². The molecule has 0 bridgehead atoms. The molecule has 0 aliphatic heterocycles. The lowest BCUT2D eigenvalue weighted by molar-refractivity contribution is 0.103. The van der Waals surface area contributed by atoms with E-state index in [9.17, 15) is 4.79 Å². The highest BCUT2D eigenvalue weighted by atomic mass is 16.5. The number of aromatic nitrogens is 3. The minimum absolute atomic E-state index is 0.0577. The third kappa shape index (κ3) is 2.35. The number of imidazole rings is 1. The van der Waals surface area contributed by atoms with Crippen molar-refractivity contribution in [3.63, 3.8) is 0 Å². The van der Waals surface area contributed by atoms with Gasteiger partial charge >= 0.3 is 0 Å². The summed E-state index contributed by atoms with van der Waals surface area (Å²) >= 11 is 0. The Morgan fingerprint density at radius 2 is 1.91 bits per heavy atom. The summed E-state index contributed by atoms with van der Waals surface area (Å²) in [7, 11) is 1.60. The van der Waals surface area contributed by atoms with E-state index < -0.39 is 0 Å². The van der Waals surface area contributed by atoms with Crippen LogP contribution in [0.4, 0.5) is 0 Å². The average molecular weight is 295 g/mol. The molecule has 3 aromatic rings. The Balaban J connectivity index is 2.12. The van der Waals surface area contributed by atoms with Crippen molar-refractivity contribution in [2.45, 2.75) is 20.3 Å². The lowest BCUT2D eigenvalue weighted by Gasteiger charge is -2.05. The first kappa shape index (κ1) is 14.3. The van der Waals surface area contributed by atoms with E-state index in [0.717, 1.165) is 17.1 Å². The summed E-state index contributed by atoms with van der Waals surface area (Å²) in [6.07, 6.45) is 2.53. The maximum Gasteiger partial charge on any atom is 0.234 e. The first-order chi connectivity index (χ1) is 10.6. The molecule has 22 heavy (non-hydrogen) atoms. The number of fused-ring (bicyclic) bond motifs is 1. The Bertz CT molecular complexity index is 835. The zero-order valence-corrected chi connectivity index (χ0v) is 12.8. The Hall–Kier alpha value is -2.69. The second kappa shape index (κ2) is 5.60. The molecule has 0 radical (unpaired) electrons. The van der Waals surface area contributed by atoms with Crippen LogP contribution in [0.2, 0.25) is 0 Å². The van der Waals surface area contributed by atoms with Crippen LogP contribution < -0.4 is 4.74 Å². The van der Waals surface area contributed by atoms with E-state index in [-0.39, 0.29) is 5.78 Å². The van der Waals surface area contributed by atoms with Crippen molar-refractivity contribution in [1.82, 2.24) is 14.4 Å². The molecule has 2 aromatic heterocycles. The standard InChI is InChI=1S/C17H17N3O2/c1-4-14-15(20-10-9-11(2)18-17(20)19-14)16(21)12-5-7-13(22-3)8-6-12/h5-10H,4H2,1-3H3. The van der Waals surface area contributed by atoms with Gasteiger partial charge < -0.3 is 4.74 Å². The highest BCUT2D eigenvalue weighted by molar-refractivity contribution is 6.09. The molecule has 0 unspecified atom stereocenters.